The number of rotatable bonds is 2. The predicted octanol–water partition coefficient (Wildman–Crippen LogP) is 3.94. The van der Waals surface area contributed by atoms with Crippen molar-refractivity contribution in [1.29, 1.82) is 0 Å². The fraction of sp³-hybridized carbons (Fsp3) is 0.231. The van der Waals surface area contributed by atoms with Crippen LogP contribution >= 0.6 is 15.9 Å². The first-order chi connectivity index (χ1) is 6.83. The standard InChI is InChI=1S/C13H12Br/c1-2-5-13(14)12-9-8-10-6-3-4-7-11(10)12/h2-8,12-13H,1H3/b5-2+. The van der Waals surface area contributed by atoms with Crippen molar-refractivity contribution in [3.05, 3.63) is 53.6 Å². The second kappa shape index (κ2) is 4.14. The maximum Gasteiger partial charge on any atom is 0.0434 e. The molecule has 0 nitrogen and oxygen atoms in total. The lowest BCUT2D eigenvalue weighted by Crippen LogP contribution is -2.05. The molecule has 0 saturated carbocycles. The first kappa shape index (κ1) is 9.72. The number of halogens is 1. The van der Waals surface area contributed by atoms with Crippen LogP contribution in [0, 0.1) is 6.08 Å². The van der Waals surface area contributed by atoms with Crippen LogP contribution in [0.2, 0.25) is 0 Å². The molecule has 0 saturated heterocycles. The zero-order valence-corrected chi connectivity index (χ0v) is 9.66. The summed E-state index contributed by atoms with van der Waals surface area (Å²) in [6.07, 6.45) is 9.70. The zero-order valence-electron chi connectivity index (χ0n) is 8.07. The average Bonchev–Trinajstić information content (AvgIpc) is 2.61. The van der Waals surface area contributed by atoms with E-state index in [1.54, 1.807) is 0 Å². The van der Waals surface area contributed by atoms with Gasteiger partial charge in [-0.1, -0.05) is 58.4 Å². The van der Waals surface area contributed by atoms with Crippen molar-refractivity contribution >= 4 is 22.0 Å². The van der Waals surface area contributed by atoms with Crippen LogP contribution < -0.4 is 0 Å². The predicted molar refractivity (Wildman–Crippen MR) is 64.4 cm³/mol. The van der Waals surface area contributed by atoms with Gasteiger partial charge in [-0.25, -0.2) is 0 Å². The maximum atomic E-state index is 3.67. The molecule has 0 aliphatic heterocycles. The van der Waals surface area contributed by atoms with E-state index < -0.39 is 0 Å². The molecule has 2 atom stereocenters. The number of fused-ring (bicyclic) bond motifs is 1. The minimum Gasteiger partial charge on any atom is -0.0905 e. The van der Waals surface area contributed by atoms with Crippen LogP contribution in [0.1, 0.15) is 24.0 Å². The van der Waals surface area contributed by atoms with Gasteiger partial charge < -0.3 is 0 Å². The van der Waals surface area contributed by atoms with Crippen molar-refractivity contribution in [2.45, 2.75) is 17.7 Å². The number of benzene rings is 1. The van der Waals surface area contributed by atoms with E-state index in [-0.39, 0.29) is 0 Å². The van der Waals surface area contributed by atoms with Crippen LogP contribution in [0.4, 0.5) is 0 Å². The summed E-state index contributed by atoms with van der Waals surface area (Å²) in [6, 6.07) is 8.46. The fourth-order valence-corrected chi connectivity index (χ4v) is 2.50. The summed E-state index contributed by atoms with van der Waals surface area (Å²) < 4.78 is 0. The summed E-state index contributed by atoms with van der Waals surface area (Å²) >= 11 is 3.67. The Kier molecular flexibility index (Phi) is 2.87. The highest BCUT2D eigenvalue weighted by Gasteiger charge is 2.22. The lowest BCUT2D eigenvalue weighted by molar-refractivity contribution is 0.887. The highest BCUT2D eigenvalue weighted by molar-refractivity contribution is 9.09. The van der Waals surface area contributed by atoms with Crippen LogP contribution in [0.3, 0.4) is 0 Å². The molecule has 0 aromatic heterocycles. The molecule has 1 aliphatic rings. The van der Waals surface area contributed by atoms with Crippen molar-refractivity contribution in [3.63, 3.8) is 0 Å². The van der Waals surface area contributed by atoms with Gasteiger partial charge in [0.1, 0.15) is 0 Å². The van der Waals surface area contributed by atoms with E-state index >= 15 is 0 Å². The largest absolute Gasteiger partial charge is 0.0905 e. The van der Waals surface area contributed by atoms with Crippen LogP contribution in [-0.4, -0.2) is 4.83 Å². The van der Waals surface area contributed by atoms with Gasteiger partial charge in [0.05, 0.1) is 0 Å². The summed E-state index contributed by atoms with van der Waals surface area (Å²) in [7, 11) is 0. The van der Waals surface area contributed by atoms with Gasteiger partial charge in [-0.3, -0.25) is 0 Å². The maximum absolute atomic E-state index is 3.67. The van der Waals surface area contributed by atoms with Crippen LogP contribution in [0.5, 0.6) is 0 Å². The molecule has 0 spiro atoms. The van der Waals surface area contributed by atoms with E-state index in [1.165, 1.54) is 11.1 Å². The lowest BCUT2D eigenvalue weighted by atomic mass is 9.97. The molecule has 71 valence electrons. The highest BCUT2D eigenvalue weighted by atomic mass is 79.9. The Labute approximate surface area is 93.5 Å². The summed E-state index contributed by atoms with van der Waals surface area (Å²) in [6.45, 7) is 2.04. The van der Waals surface area contributed by atoms with Gasteiger partial charge in [0.2, 0.25) is 0 Å². The Morgan fingerprint density at radius 3 is 3.00 bits per heavy atom. The van der Waals surface area contributed by atoms with Crippen molar-refractivity contribution in [3.8, 4) is 0 Å². The number of hydrogen-bond donors (Lipinski definition) is 0. The first-order valence-electron chi connectivity index (χ1n) is 4.78. The molecule has 0 heterocycles. The molecule has 2 unspecified atom stereocenters. The number of hydrogen-bond acceptors (Lipinski definition) is 0. The first-order valence-corrected chi connectivity index (χ1v) is 5.69. The Morgan fingerprint density at radius 2 is 2.21 bits per heavy atom. The Morgan fingerprint density at radius 1 is 1.43 bits per heavy atom. The number of alkyl halides is 1. The van der Waals surface area contributed by atoms with Crippen LogP contribution in [0.15, 0.2) is 36.4 Å². The monoisotopic (exact) mass is 247 g/mol. The topological polar surface area (TPSA) is 0 Å². The molecular formula is C13H12Br. The zero-order chi connectivity index (χ0) is 9.97. The molecule has 1 aromatic rings. The van der Waals surface area contributed by atoms with Gasteiger partial charge >= 0.3 is 0 Å². The Bertz CT molecular complexity index is 377. The van der Waals surface area contributed by atoms with E-state index in [0.717, 1.165) is 0 Å². The third-order valence-corrected chi connectivity index (χ3v) is 3.28. The molecule has 0 N–H and O–H groups in total. The summed E-state index contributed by atoms with van der Waals surface area (Å²) in [5.74, 6) is 0.363. The molecule has 1 aliphatic carbocycles. The molecule has 1 radical (unpaired) electrons. The van der Waals surface area contributed by atoms with Crippen LogP contribution in [-0.2, 0) is 0 Å². The quantitative estimate of drug-likeness (QED) is 0.549. The van der Waals surface area contributed by atoms with Gasteiger partial charge in [-0.15, -0.1) is 0 Å². The van der Waals surface area contributed by atoms with E-state index in [1.807, 2.05) is 6.92 Å². The van der Waals surface area contributed by atoms with Gasteiger partial charge in [0.25, 0.3) is 0 Å². The molecule has 2 rings (SSSR count). The average molecular weight is 248 g/mol. The van der Waals surface area contributed by atoms with Crippen molar-refractivity contribution < 1.29 is 0 Å². The highest BCUT2D eigenvalue weighted by Crippen LogP contribution is 2.35. The second-order valence-electron chi connectivity index (χ2n) is 3.39. The minimum absolute atomic E-state index is 0.354. The molecule has 0 bridgehead atoms. The van der Waals surface area contributed by atoms with E-state index in [9.17, 15) is 0 Å². The SMILES string of the molecule is C/C=C/C(Br)C1[C]=Cc2ccccc21. The smallest absolute Gasteiger partial charge is 0.0434 e. The fourth-order valence-electron chi connectivity index (χ4n) is 1.75. The molecule has 1 heteroatoms. The third-order valence-electron chi connectivity index (χ3n) is 2.44. The van der Waals surface area contributed by atoms with Crippen LogP contribution in [0.25, 0.3) is 6.08 Å². The number of allylic oxidation sites excluding steroid dienone is 3. The van der Waals surface area contributed by atoms with Crippen molar-refractivity contribution in [2.75, 3.05) is 0 Å². The van der Waals surface area contributed by atoms with E-state index in [2.05, 4.69) is 64.5 Å². The molecule has 14 heavy (non-hydrogen) atoms. The Hall–Kier alpha value is -0.820. The summed E-state index contributed by atoms with van der Waals surface area (Å²) in [5.41, 5.74) is 2.67. The third kappa shape index (κ3) is 1.69. The second-order valence-corrected chi connectivity index (χ2v) is 4.45. The van der Waals surface area contributed by atoms with E-state index in [4.69, 9.17) is 0 Å². The molecule has 0 fully saturated rings. The summed E-state index contributed by atoms with van der Waals surface area (Å²) in [4.78, 5) is 0.354. The minimum atomic E-state index is 0.354. The van der Waals surface area contributed by atoms with Crippen molar-refractivity contribution in [1.82, 2.24) is 0 Å². The molecule has 1 aromatic carbocycles. The van der Waals surface area contributed by atoms with Gasteiger partial charge in [0.15, 0.2) is 0 Å². The lowest BCUT2D eigenvalue weighted by Gasteiger charge is -2.13. The van der Waals surface area contributed by atoms with Gasteiger partial charge in [0, 0.05) is 10.7 Å². The Balaban J connectivity index is 2.30. The molecule has 0 amide bonds. The van der Waals surface area contributed by atoms with Gasteiger partial charge in [-0.05, 0) is 24.1 Å². The van der Waals surface area contributed by atoms with E-state index in [0.29, 0.717) is 10.7 Å². The summed E-state index contributed by atoms with van der Waals surface area (Å²) in [5, 5.41) is 0. The van der Waals surface area contributed by atoms with Crippen molar-refractivity contribution in [2.24, 2.45) is 0 Å². The normalized spacial score (nSPS) is 21.4. The molecular weight excluding hydrogens is 236 g/mol. The van der Waals surface area contributed by atoms with Gasteiger partial charge in [-0.2, -0.15) is 0 Å².